The van der Waals surface area contributed by atoms with Crippen LogP contribution < -0.4 is 5.32 Å². The Kier molecular flexibility index (Phi) is 3.40. The Labute approximate surface area is 115 Å². The molecule has 2 fully saturated rings. The highest BCUT2D eigenvalue weighted by atomic mass is 16.2. The molecule has 1 unspecified atom stereocenters. The molecule has 1 aliphatic carbocycles. The molecular weight excluding hydrogens is 240 g/mol. The third-order valence-corrected chi connectivity index (χ3v) is 4.32. The van der Waals surface area contributed by atoms with E-state index in [2.05, 4.69) is 33.0 Å². The Morgan fingerprint density at radius 1 is 1.11 bits per heavy atom. The van der Waals surface area contributed by atoms with Crippen LogP contribution in [0.25, 0.3) is 0 Å². The Morgan fingerprint density at radius 3 is 2.16 bits per heavy atom. The van der Waals surface area contributed by atoms with Crippen molar-refractivity contribution in [2.45, 2.75) is 66.0 Å². The maximum absolute atomic E-state index is 12.3. The average molecular weight is 266 g/mol. The number of piperazine rings is 1. The molecule has 0 spiro atoms. The number of carbonyl (C=O) groups is 2. The first-order valence-corrected chi connectivity index (χ1v) is 7.20. The molecule has 0 aromatic heterocycles. The average Bonchev–Trinajstić information content (AvgIpc) is 2.18. The minimum atomic E-state index is -0.380. The summed E-state index contributed by atoms with van der Waals surface area (Å²) in [7, 11) is 0. The van der Waals surface area contributed by atoms with Crippen molar-refractivity contribution in [1.82, 2.24) is 10.2 Å². The third-order valence-electron chi connectivity index (χ3n) is 4.32. The van der Waals surface area contributed by atoms with E-state index in [9.17, 15) is 9.59 Å². The zero-order valence-corrected chi connectivity index (χ0v) is 12.7. The van der Waals surface area contributed by atoms with Gasteiger partial charge in [0.1, 0.15) is 6.04 Å². The van der Waals surface area contributed by atoms with Gasteiger partial charge in [-0.15, -0.1) is 0 Å². The third kappa shape index (κ3) is 3.10. The fourth-order valence-electron chi connectivity index (χ4n) is 4.15. The second-order valence-corrected chi connectivity index (χ2v) is 7.82. The Balaban J connectivity index is 2.20. The minimum Gasteiger partial charge on any atom is -0.343 e. The molecular formula is C15H26N2O2. The molecule has 0 radical (unpaired) electrons. The van der Waals surface area contributed by atoms with Gasteiger partial charge in [-0.05, 0) is 37.0 Å². The number of amides is 2. The number of nitrogens with one attached hydrogen (secondary N) is 1. The summed E-state index contributed by atoms with van der Waals surface area (Å²) >= 11 is 0. The predicted molar refractivity (Wildman–Crippen MR) is 74.5 cm³/mol. The van der Waals surface area contributed by atoms with E-state index in [1.807, 2.05) is 4.90 Å². The second kappa shape index (κ2) is 4.50. The maximum atomic E-state index is 12.3. The zero-order chi connectivity index (χ0) is 14.4. The highest BCUT2D eigenvalue weighted by molar-refractivity contribution is 5.94. The summed E-state index contributed by atoms with van der Waals surface area (Å²) in [6, 6.07) is -0.186. The summed E-state index contributed by atoms with van der Waals surface area (Å²) in [6.07, 6.45) is 3.14. The lowest BCUT2D eigenvalue weighted by Crippen LogP contribution is -2.61. The van der Waals surface area contributed by atoms with Crippen LogP contribution in [0, 0.1) is 10.8 Å². The largest absolute Gasteiger partial charge is 0.343 e. The fraction of sp³-hybridized carbons (Fsp3) is 0.867. The summed E-state index contributed by atoms with van der Waals surface area (Å²) in [6.45, 7) is 11.0. The van der Waals surface area contributed by atoms with Crippen molar-refractivity contribution in [1.29, 1.82) is 0 Å². The Hall–Kier alpha value is -1.06. The normalized spacial score (nSPS) is 31.2. The molecule has 108 valence electrons. The van der Waals surface area contributed by atoms with Crippen LogP contribution in [0.3, 0.4) is 0 Å². The summed E-state index contributed by atoms with van der Waals surface area (Å²) in [5.41, 5.74) is 0.452. The van der Waals surface area contributed by atoms with Gasteiger partial charge in [0.2, 0.25) is 11.8 Å². The lowest BCUT2D eigenvalue weighted by atomic mass is 9.63. The van der Waals surface area contributed by atoms with Crippen LogP contribution in [0.5, 0.6) is 0 Å². The molecule has 1 saturated heterocycles. The van der Waals surface area contributed by atoms with Crippen molar-refractivity contribution in [3.05, 3.63) is 0 Å². The molecule has 1 aliphatic heterocycles. The quantitative estimate of drug-likeness (QED) is 0.788. The van der Waals surface area contributed by atoms with Crippen molar-refractivity contribution < 1.29 is 9.59 Å². The molecule has 1 N–H and O–H groups in total. The van der Waals surface area contributed by atoms with Gasteiger partial charge in [0.15, 0.2) is 0 Å². The SMILES string of the molecule is CC1NC(=O)CN(C2CC(C)(C)CC(C)(C)C2)C1=O. The van der Waals surface area contributed by atoms with Gasteiger partial charge in [0.05, 0.1) is 6.54 Å². The summed E-state index contributed by atoms with van der Waals surface area (Å²) < 4.78 is 0. The van der Waals surface area contributed by atoms with Crippen molar-refractivity contribution in [3.63, 3.8) is 0 Å². The first-order valence-electron chi connectivity index (χ1n) is 7.20. The lowest BCUT2D eigenvalue weighted by molar-refractivity contribution is -0.148. The summed E-state index contributed by atoms with van der Waals surface area (Å²) in [5.74, 6) is 0.0337. The molecule has 0 aromatic carbocycles. The number of carbonyl (C=O) groups excluding carboxylic acids is 2. The number of rotatable bonds is 1. The van der Waals surface area contributed by atoms with E-state index in [1.165, 1.54) is 6.42 Å². The molecule has 0 aromatic rings. The van der Waals surface area contributed by atoms with Gasteiger partial charge in [-0.3, -0.25) is 9.59 Å². The van der Waals surface area contributed by atoms with E-state index in [-0.39, 0.29) is 41.3 Å². The van der Waals surface area contributed by atoms with Crippen molar-refractivity contribution in [3.8, 4) is 0 Å². The Morgan fingerprint density at radius 2 is 1.63 bits per heavy atom. The maximum Gasteiger partial charge on any atom is 0.245 e. The van der Waals surface area contributed by atoms with Gasteiger partial charge in [0, 0.05) is 6.04 Å². The number of hydrogen-bond acceptors (Lipinski definition) is 2. The summed E-state index contributed by atoms with van der Waals surface area (Å²) in [5, 5.41) is 2.71. The van der Waals surface area contributed by atoms with Gasteiger partial charge in [-0.25, -0.2) is 0 Å². The van der Waals surface area contributed by atoms with Gasteiger partial charge in [-0.1, -0.05) is 27.7 Å². The molecule has 4 heteroatoms. The minimum absolute atomic E-state index is 0.0340. The fourth-order valence-corrected chi connectivity index (χ4v) is 4.15. The molecule has 0 bridgehead atoms. The number of hydrogen-bond donors (Lipinski definition) is 1. The molecule has 1 atom stereocenters. The zero-order valence-electron chi connectivity index (χ0n) is 12.7. The standard InChI is InChI=1S/C15H26N2O2/c1-10-13(19)17(8-12(18)16-10)11-6-14(2,3)9-15(4,5)7-11/h10-11H,6-9H2,1-5H3,(H,16,18). The van der Waals surface area contributed by atoms with Crippen LogP contribution in [-0.4, -0.2) is 35.3 Å². The van der Waals surface area contributed by atoms with Crippen LogP contribution in [0.15, 0.2) is 0 Å². The molecule has 1 heterocycles. The van der Waals surface area contributed by atoms with Crippen LogP contribution in [0.1, 0.15) is 53.9 Å². The molecule has 1 saturated carbocycles. The van der Waals surface area contributed by atoms with E-state index >= 15 is 0 Å². The molecule has 2 rings (SSSR count). The molecule has 19 heavy (non-hydrogen) atoms. The van der Waals surface area contributed by atoms with Crippen molar-refractivity contribution >= 4 is 11.8 Å². The number of nitrogens with zero attached hydrogens (tertiary/aromatic N) is 1. The van der Waals surface area contributed by atoms with E-state index in [4.69, 9.17) is 0 Å². The van der Waals surface area contributed by atoms with Gasteiger partial charge < -0.3 is 10.2 Å². The van der Waals surface area contributed by atoms with Gasteiger partial charge in [0.25, 0.3) is 0 Å². The monoisotopic (exact) mass is 266 g/mol. The van der Waals surface area contributed by atoms with Crippen LogP contribution in [0.4, 0.5) is 0 Å². The van der Waals surface area contributed by atoms with E-state index in [0.29, 0.717) is 0 Å². The van der Waals surface area contributed by atoms with Crippen molar-refractivity contribution in [2.24, 2.45) is 10.8 Å². The Bertz CT molecular complexity index is 385. The van der Waals surface area contributed by atoms with Crippen LogP contribution in [-0.2, 0) is 9.59 Å². The topological polar surface area (TPSA) is 49.4 Å². The smallest absolute Gasteiger partial charge is 0.245 e. The summed E-state index contributed by atoms with van der Waals surface area (Å²) in [4.78, 5) is 25.8. The molecule has 4 nitrogen and oxygen atoms in total. The van der Waals surface area contributed by atoms with Gasteiger partial charge in [-0.2, -0.15) is 0 Å². The molecule has 2 aliphatic rings. The van der Waals surface area contributed by atoms with Crippen molar-refractivity contribution in [2.75, 3.05) is 6.54 Å². The highest BCUT2D eigenvalue weighted by Crippen LogP contribution is 2.47. The van der Waals surface area contributed by atoms with Crippen LogP contribution in [0.2, 0.25) is 0 Å². The molecule has 2 amide bonds. The van der Waals surface area contributed by atoms with E-state index < -0.39 is 0 Å². The first-order chi connectivity index (χ1) is 8.60. The van der Waals surface area contributed by atoms with E-state index in [1.54, 1.807) is 6.92 Å². The van der Waals surface area contributed by atoms with E-state index in [0.717, 1.165) is 12.8 Å². The first kappa shape index (κ1) is 14.4. The predicted octanol–water partition coefficient (Wildman–Crippen LogP) is 1.94. The van der Waals surface area contributed by atoms with Gasteiger partial charge >= 0.3 is 0 Å². The van der Waals surface area contributed by atoms with Crippen LogP contribution >= 0.6 is 0 Å². The highest BCUT2D eigenvalue weighted by Gasteiger charge is 2.44. The lowest BCUT2D eigenvalue weighted by Gasteiger charge is -2.49. The second-order valence-electron chi connectivity index (χ2n) is 7.82.